The molecule has 0 aliphatic carbocycles. The van der Waals surface area contributed by atoms with E-state index in [9.17, 15) is 0 Å². The summed E-state index contributed by atoms with van der Waals surface area (Å²) in [5.41, 5.74) is 0. The first kappa shape index (κ1) is 13.9. The van der Waals surface area contributed by atoms with Crippen LogP contribution in [0.5, 0.6) is 0 Å². The van der Waals surface area contributed by atoms with Crippen LogP contribution in [0.3, 0.4) is 0 Å². The summed E-state index contributed by atoms with van der Waals surface area (Å²) in [6.45, 7) is 0.470. The van der Waals surface area contributed by atoms with E-state index in [-0.39, 0.29) is 12.7 Å². The minimum Gasteiger partial charge on any atom is -0.394 e. The third-order valence-corrected chi connectivity index (χ3v) is 0.890. The van der Waals surface area contributed by atoms with E-state index in [2.05, 4.69) is 37.2 Å². The number of hydrogen-bond donors (Lipinski definition) is 1. The molecule has 10 heavy (non-hydrogen) atoms. The third-order valence-electron chi connectivity index (χ3n) is 0.890. The molecular formula is C5H12I2O3. The molecule has 0 spiro atoms. The van der Waals surface area contributed by atoms with Crippen molar-refractivity contribution in [1.82, 2.24) is 0 Å². The molecule has 0 aromatic heterocycles. The summed E-state index contributed by atoms with van der Waals surface area (Å²) in [6, 6.07) is 0. The maximum absolute atomic E-state index is 8.45. The Balaban J connectivity index is 0. The first-order chi connectivity index (χ1) is 4.85. The number of rotatable bonds is 4. The van der Waals surface area contributed by atoms with Crippen molar-refractivity contribution < 1.29 is 14.6 Å². The minimum atomic E-state index is -0.167. The van der Waals surface area contributed by atoms with Crippen LogP contribution in [0.15, 0.2) is 0 Å². The quantitative estimate of drug-likeness (QED) is 0.757. The summed E-state index contributed by atoms with van der Waals surface area (Å²) < 4.78 is 9.47. The molecule has 0 aliphatic heterocycles. The van der Waals surface area contributed by atoms with Gasteiger partial charge in [-0.1, -0.05) is 0 Å². The molecule has 1 atom stereocenters. The molecule has 0 rings (SSSR count). The molecule has 5 heteroatoms. The van der Waals surface area contributed by atoms with E-state index in [0.717, 1.165) is 0 Å². The lowest BCUT2D eigenvalue weighted by atomic mass is 10.4. The summed E-state index contributed by atoms with van der Waals surface area (Å²) in [4.78, 5) is 0. The Bertz CT molecular complexity index is 50.2. The van der Waals surface area contributed by atoms with E-state index in [1.54, 1.807) is 14.2 Å². The third kappa shape index (κ3) is 9.34. The second-order valence-corrected chi connectivity index (χ2v) is 1.50. The van der Waals surface area contributed by atoms with Gasteiger partial charge in [-0.05, 0) is 0 Å². The molecular weight excluding hydrogens is 362 g/mol. The van der Waals surface area contributed by atoms with Crippen molar-refractivity contribution in [2.24, 2.45) is 0 Å². The van der Waals surface area contributed by atoms with E-state index >= 15 is 0 Å². The lowest BCUT2D eigenvalue weighted by molar-refractivity contribution is -0.00534. The first-order valence-electron chi connectivity index (χ1n) is 2.62. The number of halogens is 2. The average molecular weight is 374 g/mol. The summed E-state index contributed by atoms with van der Waals surface area (Å²) in [5, 5.41) is 8.45. The van der Waals surface area contributed by atoms with Gasteiger partial charge in [-0.25, -0.2) is 0 Å². The molecule has 0 aromatic carbocycles. The van der Waals surface area contributed by atoms with Crippen molar-refractivity contribution in [1.29, 1.82) is 0 Å². The van der Waals surface area contributed by atoms with Crippen LogP contribution in [0.2, 0.25) is 0 Å². The van der Waals surface area contributed by atoms with Crippen molar-refractivity contribution in [3.63, 3.8) is 0 Å². The molecule has 0 fully saturated rings. The molecule has 64 valence electrons. The molecule has 0 heterocycles. The number of hydrogen-bond acceptors (Lipinski definition) is 3. The van der Waals surface area contributed by atoms with Gasteiger partial charge in [-0.3, -0.25) is 0 Å². The Morgan fingerprint density at radius 2 is 1.90 bits per heavy atom. The van der Waals surface area contributed by atoms with Crippen LogP contribution in [0, 0.1) is 0 Å². The molecule has 3 nitrogen and oxygen atoms in total. The van der Waals surface area contributed by atoms with Gasteiger partial charge in [0.25, 0.3) is 0 Å². The number of methoxy groups -OCH3 is 2. The van der Waals surface area contributed by atoms with Crippen molar-refractivity contribution in [2.45, 2.75) is 6.10 Å². The van der Waals surface area contributed by atoms with Crippen molar-refractivity contribution in [2.75, 3.05) is 27.4 Å². The maximum Gasteiger partial charge on any atom is 0.103 e. The van der Waals surface area contributed by atoms with Crippen LogP contribution in [0.4, 0.5) is 0 Å². The Kier molecular flexibility index (Phi) is 18.0. The maximum atomic E-state index is 8.45. The highest BCUT2D eigenvalue weighted by Crippen LogP contribution is 1.89. The average Bonchev–Trinajstić information content (AvgIpc) is 2.04. The predicted octanol–water partition coefficient (Wildman–Crippen LogP) is 1.41. The lowest BCUT2D eigenvalue weighted by Crippen LogP contribution is -2.21. The highest BCUT2D eigenvalue weighted by Gasteiger charge is 2.01. The van der Waals surface area contributed by atoms with Crippen molar-refractivity contribution in [3.05, 3.63) is 0 Å². The Labute approximate surface area is 84.8 Å². The van der Waals surface area contributed by atoms with Gasteiger partial charge in [0, 0.05) is 51.5 Å². The van der Waals surface area contributed by atoms with Gasteiger partial charge in [0.1, 0.15) is 6.10 Å². The van der Waals surface area contributed by atoms with E-state index in [1.165, 1.54) is 0 Å². The normalized spacial score (nSPS) is 11.7. The Hall–Kier alpha value is 1.34. The molecule has 0 saturated heterocycles. The molecule has 0 aromatic rings. The van der Waals surface area contributed by atoms with Crippen LogP contribution >= 0.6 is 37.2 Å². The molecule has 0 saturated carbocycles. The van der Waals surface area contributed by atoms with E-state index in [4.69, 9.17) is 14.6 Å². The molecule has 0 aliphatic rings. The lowest BCUT2D eigenvalue weighted by Gasteiger charge is -2.08. The summed E-state index contributed by atoms with van der Waals surface area (Å²) in [6.07, 6.45) is -0.167. The van der Waals surface area contributed by atoms with Gasteiger partial charge in [-0.2, -0.15) is 0 Å². The smallest absolute Gasteiger partial charge is 0.103 e. The highest BCUT2D eigenvalue weighted by atomic mass is 128. The zero-order chi connectivity index (χ0) is 8.41. The van der Waals surface area contributed by atoms with Gasteiger partial charge < -0.3 is 14.6 Å². The van der Waals surface area contributed by atoms with Gasteiger partial charge in [0.05, 0.1) is 13.2 Å². The van der Waals surface area contributed by atoms with Crippen LogP contribution in [0.1, 0.15) is 0 Å². The van der Waals surface area contributed by atoms with E-state index in [1.807, 2.05) is 0 Å². The predicted molar refractivity (Wildman–Crippen MR) is 57.8 cm³/mol. The van der Waals surface area contributed by atoms with Gasteiger partial charge >= 0.3 is 0 Å². The fraction of sp³-hybridized carbons (Fsp3) is 1.00. The molecule has 0 amide bonds. The monoisotopic (exact) mass is 374 g/mol. The minimum absolute atomic E-state index is 0.0182. The zero-order valence-electron chi connectivity index (χ0n) is 6.01. The van der Waals surface area contributed by atoms with Crippen molar-refractivity contribution >= 4 is 37.2 Å². The summed E-state index contributed by atoms with van der Waals surface area (Å²) in [5.74, 6) is 0. The van der Waals surface area contributed by atoms with Crippen molar-refractivity contribution in [3.8, 4) is 0 Å². The summed E-state index contributed by atoms with van der Waals surface area (Å²) in [7, 11) is 3.11. The van der Waals surface area contributed by atoms with E-state index in [0.29, 0.717) is 6.61 Å². The number of aliphatic hydroxyl groups excluding tert-OH is 1. The number of aliphatic hydroxyl groups is 1. The van der Waals surface area contributed by atoms with Crippen LogP contribution in [-0.4, -0.2) is 38.6 Å². The van der Waals surface area contributed by atoms with Crippen LogP contribution in [0.25, 0.3) is 0 Å². The number of ether oxygens (including phenoxy) is 2. The molecule has 1 N–H and O–H groups in total. The van der Waals surface area contributed by atoms with E-state index < -0.39 is 0 Å². The SMILES string of the molecule is COCC(CO)OC.II. The standard InChI is InChI=1S/C5H12O3.I2/c1-7-4-5(3-6)8-2;1-2/h5-6H,3-4H2,1-2H3;. The largest absolute Gasteiger partial charge is 0.394 e. The van der Waals surface area contributed by atoms with Gasteiger partial charge in [0.15, 0.2) is 0 Å². The Morgan fingerprint density at radius 3 is 2.00 bits per heavy atom. The first-order valence-corrected chi connectivity index (χ1v) is 8.90. The summed E-state index contributed by atoms with van der Waals surface area (Å²) >= 11 is 4.24. The second kappa shape index (κ2) is 13.0. The molecule has 0 radical (unpaired) electrons. The topological polar surface area (TPSA) is 38.7 Å². The van der Waals surface area contributed by atoms with Crippen LogP contribution in [-0.2, 0) is 9.47 Å². The second-order valence-electron chi connectivity index (χ2n) is 1.50. The van der Waals surface area contributed by atoms with Gasteiger partial charge in [0.2, 0.25) is 0 Å². The Morgan fingerprint density at radius 1 is 1.40 bits per heavy atom. The molecule has 1 unspecified atom stereocenters. The zero-order valence-corrected chi connectivity index (χ0v) is 10.3. The fourth-order valence-electron chi connectivity index (χ4n) is 0.381. The highest BCUT2D eigenvalue weighted by molar-refractivity contribution is 15.0. The fourth-order valence-corrected chi connectivity index (χ4v) is 0.381. The van der Waals surface area contributed by atoms with Crippen LogP contribution < -0.4 is 0 Å². The van der Waals surface area contributed by atoms with Gasteiger partial charge in [-0.15, -0.1) is 0 Å². The molecule has 0 bridgehead atoms.